The lowest BCUT2D eigenvalue weighted by molar-refractivity contribution is -0.143. The van der Waals surface area contributed by atoms with Crippen LogP contribution in [-0.4, -0.2) is 40.6 Å². The summed E-state index contributed by atoms with van der Waals surface area (Å²) >= 11 is 11.9. The molecular weight excluding hydrogens is 608 g/mol. The normalized spacial score (nSPS) is 11.3. The monoisotopic (exact) mass is 632 g/mol. The Morgan fingerprint density at radius 1 is 1.00 bits per heavy atom. The van der Waals surface area contributed by atoms with Crippen molar-refractivity contribution in [3.05, 3.63) is 111 Å². The largest absolute Gasteiger partial charge is 0.466 e. The molecule has 224 valence electrons. The topological polar surface area (TPSA) is 102 Å². The van der Waals surface area contributed by atoms with Crippen molar-refractivity contribution >= 4 is 46.5 Å². The van der Waals surface area contributed by atoms with E-state index in [0.29, 0.717) is 25.3 Å². The fraction of sp³-hybridized carbons (Fsp3) is 0.200. The van der Waals surface area contributed by atoms with E-state index in [4.69, 9.17) is 27.9 Å². The number of aromatic nitrogens is 2. The number of alkyl halides is 3. The molecule has 1 amide bonds. The summed E-state index contributed by atoms with van der Waals surface area (Å²) in [4.78, 5) is 38.1. The molecule has 0 unspecified atom stereocenters. The number of esters is 1. The summed E-state index contributed by atoms with van der Waals surface area (Å²) in [5.74, 6) is -1.35. The third kappa shape index (κ3) is 8.22. The Kier molecular flexibility index (Phi) is 10.2. The number of halogens is 5. The second kappa shape index (κ2) is 13.9. The number of carbonyl (C=O) groups is 3. The Morgan fingerprint density at radius 3 is 2.53 bits per heavy atom. The van der Waals surface area contributed by atoms with E-state index >= 15 is 0 Å². The Hall–Kier alpha value is -4.19. The summed E-state index contributed by atoms with van der Waals surface area (Å²) < 4.78 is 46.0. The van der Waals surface area contributed by atoms with Crippen LogP contribution >= 0.6 is 23.2 Å². The van der Waals surface area contributed by atoms with Crippen molar-refractivity contribution < 1.29 is 32.3 Å². The summed E-state index contributed by atoms with van der Waals surface area (Å²) in [6.07, 6.45) is -1.98. The lowest BCUT2D eigenvalue weighted by Crippen LogP contribution is -2.19. The minimum atomic E-state index is -4.67. The molecule has 0 radical (unpaired) electrons. The first kappa shape index (κ1) is 31.7. The molecule has 0 aliphatic rings. The van der Waals surface area contributed by atoms with Crippen LogP contribution in [0, 0.1) is 0 Å². The van der Waals surface area contributed by atoms with E-state index in [0.717, 1.165) is 22.4 Å². The van der Waals surface area contributed by atoms with Gasteiger partial charge in [-0.1, -0.05) is 35.3 Å². The number of hydrogen-bond donors (Lipinski definition) is 2. The zero-order valence-electron chi connectivity index (χ0n) is 22.7. The molecule has 0 fully saturated rings. The second-order valence-corrected chi connectivity index (χ2v) is 10.1. The van der Waals surface area contributed by atoms with Crippen LogP contribution in [0.2, 0.25) is 10.0 Å². The molecule has 3 aromatic carbocycles. The van der Waals surface area contributed by atoms with Gasteiger partial charge in [0.25, 0.3) is 5.91 Å². The number of benzene rings is 3. The maximum absolute atomic E-state index is 13.4. The molecule has 8 nitrogen and oxygen atoms in total. The third-order valence-electron chi connectivity index (χ3n) is 6.17. The number of hydrogen-bond acceptors (Lipinski definition) is 6. The summed E-state index contributed by atoms with van der Waals surface area (Å²) in [5, 5.41) is 9.66. The molecule has 13 heteroatoms. The first-order valence-electron chi connectivity index (χ1n) is 13.0. The van der Waals surface area contributed by atoms with Crippen LogP contribution < -0.4 is 10.6 Å². The zero-order valence-corrected chi connectivity index (χ0v) is 24.2. The summed E-state index contributed by atoms with van der Waals surface area (Å²) in [6.45, 7) is 2.87. The lowest BCUT2D eigenvalue weighted by Gasteiger charge is -2.12. The van der Waals surface area contributed by atoms with Crippen LogP contribution in [0.4, 0.5) is 18.9 Å². The number of ketones is 1. The van der Waals surface area contributed by atoms with Crippen LogP contribution in [0.1, 0.15) is 50.8 Å². The molecule has 4 rings (SSSR count). The predicted octanol–water partition coefficient (Wildman–Crippen LogP) is 6.72. The third-order valence-corrected chi connectivity index (χ3v) is 6.73. The average molecular weight is 633 g/mol. The second-order valence-electron chi connectivity index (χ2n) is 9.24. The maximum Gasteiger partial charge on any atom is 0.417 e. The van der Waals surface area contributed by atoms with Crippen LogP contribution in [0.5, 0.6) is 0 Å². The van der Waals surface area contributed by atoms with Crippen molar-refractivity contribution in [3.63, 3.8) is 0 Å². The zero-order chi connectivity index (χ0) is 31.1. The quantitative estimate of drug-likeness (QED) is 0.108. The van der Waals surface area contributed by atoms with Gasteiger partial charge < -0.3 is 15.4 Å². The van der Waals surface area contributed by atoms with Crippen molar-refractivity contribution in [3.8, 4) is 5.69 Å². The van der Waals surface area contributed by atoms with Crippen LogP contribution in [0.3, 0.4) is 0 Å². The van der Waals surface area contributed by atoms with E-state index in [-0.39, 0.29) is 39.9 Å². The number of anilines is 1. The van der Waals surface area contributed by atoms with Crippen molar-refractivity contribution in [1.29, 1.82) is 0 Å². The number of rotatable bonds is 11. The van der Waals surface area contributed by atoms with E-state index < -0.39 is 28.5 Å². The number of nitrogens with one attached hydrogen (secondary N) is 2. The SMILES string of the molecule is CCOC(=O)CCNCc1cccc(C(=O)Nc2ccc(Cl)cc2C(=O)c2cnn(-c3ccc(Cl)c(C(F)(F)F)c3)c2)c1. The van der Waals surface area contributed by atoms with Crippen molar-refractivity contribution in [2.45, 2.75) is 26.1 Å². The Morgan fingerprint density at radius 2 is 1.79 bits per heavy atom. The standard InChI is InChI=1S/C30H25Cl2F3N4O4/c1-2-43-27(40)10-11-36-15-18-4-3-5-19(12-18)29(42)38-26-9-6-21(31)13-23(26)28(41)20-16-37-39(17-20)22-7-8-25(32)24(14-22)30(33,34)35/h3-9,12-14,16-17,36H,2,10-11,15H2,1H3,(H,38,42). The van der Waals surface area contributed by atoms with Crippen molar-refractivity contribution in [2.75, 3.05) is 18.5 Å². The Labute approximate surface area is 254 Å². The molecule has 2 N–H and O–H groups in total. The van der Waals surface area contributed by atoms with Crippen LogP contribution in [-0.2, 0) is 22.3 Å². The number of carbonyl (C=O) groups excluding carboxylic acids is 3. The van der Waals surface area contributed by atoms with E-state index in [1.54, 1.807) is 25.1 Å². The van der Waals surface area contributed by atoms with Gasteiger partial charge in [-0.15, -0.1) is 0 Å². The minimum absolute atomic E-state index is 0.0469. The van der Waals surface area contributed by atoms with Gasteiger partial charge in [-0.3, -0.25) is 14.4 Å². The smallest absolute Gasteiger partial charge is 0.417 e. The molecule has 0 atom stereocenters. The van der Waals surface area contributed by atoms with Gasteiger partial charge >= 0.3 is 12.1 Å². The molecule has 43 heavy (non-hydrogen) atoms. The van der Waals surface area contributed by atoms with E-state index in [1.807, 2.05) is 6.07 Å². The molecule has 0 saturated carbocycles. The Bertz CT molecular complexity index is 1660. The summed E-state index contributed by atoms with van der Waals surface area (Å²) in [7, 11) is 0. The number of amides is 1. The molecule has 1 aromatic heterocycles. The summed E-state index contributed by atoms with van der Waals surface area (Å²) in [6, 6.07) is 14.5. The first-order chi connectivity index (χ1) is 20.5. The van der Waals surface area contributed by atoms with Crippen LogP contribution in [0.15, 0.2) is 73.1 Å². The fourth-order valence-corrected chi connectivity index (χ4v) is 4.49. The highest BCUT2D eigenvalue weighted by Crippen LogP contribution is 2.36. The molecule has 0 bridgehead atoms. The van der Waals surface area contributed by atoms with Gasteiger partial charge in [0.15, 0.2) is 5.78 Å². The molecule has 0 saturated heterocycles. The lowest BCUT2D eigenvalue weighted by atomic mass is 10.0. The highest BCUT2D eigenvalue weighted by Gasteiger charge is 2.33. The maximum atomic E-state index is 13.4. The van der Waals surface area contributed by atoms with Gasteiger partial charge in [0.05, 0.1) is 46.7 Å². The number of ether oxygens (including phenoxy) is 1. The van der Waals surface area contributed by atoms with E-state index in [9.17, 15) is 27.6 Å². The van der Waals surface area contributed by atoms with E-state index in [2.05, 4.69) is 15.7 Å². The first-order valence-corrected chi connectivity index (χ1v) is 13.7. The van der Waals surface area contributed by atoms with Gasteiger partial charge in [-0.2, -0.15) is 18.3 Å². The molecule has 0 aliphatic heterocycles. The highest BCUT2D eigenvalue weighted by atomic mass is 35.5. The van der Waals surface area contributed by atoms with Gasteiger partial charge in [-0.25, -0.2) is 4.68 Å². The molecule has 4 aromatic rings. The fourth-order valence-electron chi connectivity index (χ4n) is 4.10. The van der Waals surface area contributed by atoms with Crippen molar-refractivity contribution in [1.82, 2.24) is 15.1 Å². The van der Waals surface area contributed by atoms with Crippen LogP contribution in [0.25, 0.3) is 5.69 Å². The Balaban J connectivity index is 1.50. The molecule has 1 heterocycles. The predicted molar refractivity (Wildman–Crippen MR) is 156 cm³/mol. The molecular formula is C30H25Cl2F3N4O4. The van der Waals surface area contributed by atoms with E-state index in [1.165, 1.54) is 36.7 Å². The molecule has 0 spiro atoms. The van der Waals surface area contributed by atoms with Crippen molar-refractivity contribution in [2.24, 2.45) is 0 Å². The van der Waals surface area contributed by atoms with Gasteiger partial charge in [0.2, 0.25) is 0 Å². The van der Waals surface area contributed by atoms with Gasteiger partial charge in [-0.05, 0) is 61.0 Å². The average Bonchev–Trinajstić information content (AvgIpc) is 3.46. The minimum Gasteiger partial charge on any atom is -0.466 e. The number of nitrogens with zero attached hydrogens (tertiary/aromatic N) is 2. The highest BCUT2D eigenvalue weighted by molar-refractivity contribution is 6.32. The van der Waals surface area contributed by atoms with Gasteiger partial charge in [0, 0.05) is 35.4 Å². The molecule has 0 aliphatic carbocycles. The summed E-state index contributed by atoms with van der Waals surface area (Å²) in [5.41, 5.74) is 0.427. The van der Waals surface area contributed by atoms with Gasteiger partial charge in [0.1, 0.15) is 0 Å².